The quantitative estimate of drug-likeness (QED) is 0.824. The molecule has 1 fully saturated rings. The van der Waals surface area contributed by atoms with Gasteiger partial charge in [0.1, 0.15) is 5.69 Å². The minimum absolute atomic E-state index is 0. The second kappa shape index (κ2) is 8.63. The minimum atomic E-state index is -0.215. The molecule has 3 rings (SSSR count). The molecular weight excluding hydrogens is 383 g/mol. The lowest BCUT2D eigenvalue weighted by Gasteiger charge is -2.31. The minimum Gasteiger partial charge on any atom is -0.338 e. The number of amides is 1. The van der Waals surface area contributed by atoms with Gasteiger partial charge in [0.15, 0.2) is 0 Å². The molecule has 0 radical (unpaired) electrons. The highest BCUT2D eigenvalue weighted by Gasteiger charge is 2.29. The van der Waals surface area contributed by atoms with E-state index >= 15 is 0 Å². The highest BCUT2D eigenvalue weighted by Crippen LogP contribution is 2.31. The number of carbonyl (C=O) groups excluding carboxylic acids is 1. The third-order valence-electron chi connectivity index (χ3n) is 4.95. The van der Waals surface area contributed by atoms with Gasteiger partial charge in [-0.1, -0.05) is 29.8 Å². The van der Waals surface area contributed by atoms with Crippen LogP contribution in [0.4, 0.5) is 0 Å². The maximum atomic E-state index is 13.2. The van der Waals surface area contributed by atoms with Crippen LogP contribution in [0, 0.1) is 0 Å². The summed E-state index contributed by atoms with van der Waals surface area (Å²) < 4.78 is 1.86. The number of benzene rings is 1. The van der Waals surface area contributed by atoms with Crippen molar-refractivity contribution in [3.05, 3.63) is 41.0 Å². The highest BCUT2D eigenvalue weighted by molar-refractivity contribution is 6.33. The van der Waals surface area contributed by atoms with Crippen LogP contribution in [-0.4, -0.2) is 46.8 Å². The molecule has 1 aliphatic heterocycles. The summed E-state index contributed by atoms with van der Waals surface area (Å²) in [5.74, 6) is 0.0324. The van der Waals surface area contributed by atoms with Gasteiger partial charge in [0.25, 0.3) is 5.91 Å². The molecule has 0 atom stereocenters. The topological polar surface area (TPSA) is 50.2 Å². The van der Waals surface area contributed by atoms with Crippen molar-refractivity contribution in [2.24, 2.45) is 0 Å². The predicted octanol–water partition coefficient (Wildman–Crippen LogP) is 4.20. The molecule has 1 N–H and O–H groups in total. The van der Waals surface area contributed by atoms with Crippen molar-refractivity contribution in [1.29, 1.82) is 0 Å². The van der Waals surface area contributed by atoms with Gasteiger partial charge in [-0.2, -0.15) is 5.10 Å². The van der Waals surface area contributed by atoms with E-state index < -0.39 is 0 Å². The summed E-state index contributed by atoms with van der Waals surface area (Å²) in [6, 6.07) is 8.04. The van der Waals surface area contributed by atoms with Crippen molar-refractivity contribution in [2.45, 2.75) is 45.2 Å². The van der Waals surface area contributed by atoms with Crippen LogP contribution in [0.25, 0.3) is 11.3 Å². The number of hydrogen-bond donors (Lipinski definition) is 1. The highest BCUT2D eigenvalue weighted by atomic mass is 35.5. The Morgan fingerprint density at radius 1 is 1.22 bits per heavy atom. The molecule has 0 spiro atoms. The van der Waals surface area contributed by atoms with E-state index in [4.69, 9.17) is 16.7 Å². The van der Waals surface area contributed by atoms with E-state index in [2.05, 4.69) is 26.1 Å². The molecule has 1 aliphatic rings. The fraction of sp³-hybridized carbons (Fsp3) is 0.500. The Labute approximate surface area is 172 Å². The number of piperidine rings is 1. The summed E-state index contributed by atoms with van der Waals surface area (Å²) in [5.41, 5.74) is 1.86. The number of aromatic nitrogens is 2. The van der Waals surface area contributed by atoms with E-state index in [0.29, 0.717) is 22.3 Å². The molecule has 148 valence electrons. The van der Waals surface area contributed by atoms with Crippen LogP contribution in [0.5, 0.6) is 0 Å². The van der Waals surface area contributed by atoms with Gasteiger partial charge in [-0.05, 0) is 46.7 Å². The Bertz CT molecular complexity index is 790. The molecule has 2 aromatic rings. The molecule has 0 bridgehead atoms. The zero-order valence-corrected chi connectivity index (χ0v) is 17.9. The Morgan fingerprint density at radius 3 is 2.41 bits per heavy atom. The first kappa shape index (κ1) is 21.7. The van der Waals surface area contributed by atoms with Crippen LogP contribution in [0.2, 0.25) is 5.02 Å². The summed E-state index contributed by atoms with van der Waals surface area (Å²) in [4.78, 5) is 15.2. The van der Waals surface area contributed by atoms with Gasteiger partial charge >= 0.3 is 0 Å². The molecule has 27 heavy (non-hydrogen) atoms. The second-order valence-corrected chi connectivity index (χ2v) is 8.25. The fourth-order valence-electron chi connectivity index (χ4n) is 3.27. The lowest BCUT2D eigenvalue weighted by atomic mass is 10.0. The standard InChI is InChI=1S/C20H27ClN4O.ClH/c1-20(2,3)25-13-16(18(23-25)15-7-5-6-8-17(15)21)19(26)24-11-9-14(22-4)10-12-24;/h5-8,13-14,22H,9-12H2,1-4H3;1H. The Morgan fingerprint density at radius 2 is 1.85 bits per heavy atom. The summed E-state index contributed by atoms with van der Waals surface area (Å²) >= 11 is 6.40. The first-order chi connectivity index (χ1) is 12.3. The first-order valence-electron chi connectivity index (χ1n) is 9.13. The summed E-state index contributed by atoms with van der Waals surface area (Å²) in [6.07, 6.45) is 3.80. The van der Waals surface area contributed by atoms with E-state index in [-0.39, 0.29) is 23.9 Å². The average molecular weight is 411 g/mol. The molecular formula is C20H28Cl2N4O. The van der Waals surface area contributed by atoms with Crippen LogP contribution in [0.1, 0.15) is 44.0 Å². The number of halogens is 2. The zero-order valence-electron chi connectivity index (χ0n) is 16.3. The maximum Gasteiger partial charge on any atom is 0.257 e. The van der Waals surface area contributed by atoms with Gasteiger partial charge in [-0.25, -0.2) is 0 Å². The Kier molecular flexibility index (Phi) is 6.95. The van der Waals surface area contributed by atoms with Gasteiger partial charge < -0.3 is 10.2 Å². The number of carbonyl (C=O) groups is 1. The van der Waals surface area contributed by atoms with Crippen molar-refractivity contribution in [1.82, 2.24) is 20.0 Å². The number of likely N-dealkylation sites (tertiary alicyclic amines) is 1. The van der Waals surface area contributed by atoms with Gasteiger partial charge in [-0.3, -0.25) is 9.48 Å². The summed E-state index contributed by atoms with van der Waals surface area (Å²) in [7, 11) is 1.98. The SMILES string of the molecule is CNC1CCN(C(=O)c2cn(C(C)(C)C)nc2-c2ccccc2Cl)CC1.Cl. The van der Waals surface area contributed by atoms with Crippen LogP contribution < -0.4 is 5.32 Å². The smallest absolute Gasteiger partial charge is 0.257 e. The lowest BCUT2D eigenvalue weighted by molar-refractivity contribution is 0.0708. The molecule has 1 amide bonds. The van der Waals surface area contributed by atoms with Crippen molar-refractivity contribution < 1.29 is 4.79 Å². The van der Waals surface area contributed by atoms with Crippen molar-refractivity contribution in [3.63, 3.8) is 0 Å². The molecule has 2 heterocycles. The molecule has 7 heteroatoms. The third kappa shape index (κ3) is 4.65. The lowest BCUT2D eigenvalue weighted by Crippen LogP contribution is -2.44. The molecule has 1 saturated heterocycles. The molecule has 0 unspecified atom stereocenters. The van der Waals surface area contributed by atoms with Crippen molar-refractivity contribution in [2.75, 3.05) is 20.1 Å². The van der Waals surface area contributed by atoms with E-state index in [1.54, 1.807) is 0 Å². The fourth-order valence-corrected chi connectivity index (χ4v) is 3.49. The molecule has 5 nitrogen and oxygen atoms in total. The number of rotatable bonds is 3. The van der Waals surface area contributed by atoms with Crippen LogP contribution in [0.3, 0.4) is 0 Å². The van der Waals surface area contributed by atoms with Crippen molar-refractivity contribution in [3.8, 4) is 11.3 Å². The van der Waals surface area contributed by atoms with E-state index in [1.807, 2.05) is 47.1 Å². The Balaban J connectivity index is 0.00000261. The largest absolute Gasteiger partial charge is 0.338 e. The van der Waals surface area contributed by atoms with E-state index in [9.17, 15) is 4.79 Å². The van der Waals surface area contributed by atoms with Crippen molar-refractivity contribution >= 4 is 29.9 Å². The second-order valence-electron chi connectivity index (χ2n) is 7.84. The monoisotopic (exact) mass is 410 g/mol. The Hall–Kier alpha value is -1.56. The predicted molar refractivity (Wildman–Crippen MR) is 113 cm³/mol. The maximum absolute atomic E-state index is 13.2. The van der Waals surface area contributed by atoms with Crippen LogP contribution in [0.15, 0.2) is 30.5 Å². The molecule has 0 saturated carbocycles. The third-order valence-corrected chi connectivity index (χ3v) is 5.28. The average Bonchev–Trinajstić information content (AvgIpc) is 3.07. The van der Waals surface area contributed by atoms with Crippen LogP contribution >= 0.6 is 24.0 Å². The van der Waals surface area contributed by atoms with Gasteiger partial charge in [0.2, 0.25) is 0 Å². The van der Waals surface area contributed by atoms with E-state index in [0.717, 1.165) is 31.5 Å². The van der Waals surface area contributed by atoms with Crippen LogP contribution in [-0.2, 0) is 5.54 Å². The normalized spacial score (nSPS) is 15.5. The first-order valence-corrected chi connectivity index (χ1v) is 9.50. The summed E-state index contributed by atoms with van der Waals surface area (Å²) in [6.45, 7) is 7.73. The number of nitrogens with zero attached hydrogens (tertiary/aromatic N) is 3. The number of hydrogen-bond acceptors (Lipinski definition) is 3. The number of nitrogens with one attached hydrogen (secondary N) is 1. The molecule has 1 aromatic carbocycles. The van der Waals surface area contributed by atoms with Gasteiger partial charge in [-0.15, -0.1) is 12.4 Å². The van der Waals surface area contributed by atoms with Gasteiger partial charge in [0.05, 0.1) is 16.1 Å². The summed E-state index contributed by atoms with van der Waals surface area (Å²) in [5, 5.41) is 8.64. The molecule has 0 aliphatic carbocycles. The van der Waals surface area contributed by atoms with E-state index in [1.165, 1.54) is 0 Å². The zero-order chi connectivity index (χ0) is 18.9. The van der Waals surface area contributed by atoms with Gasteiger partial charge in [0, 0.05) is 30.9 Å². The molecule has 1 aromatic heterocycles.